The van der Waals surface area contributed by atoms with Gasteiger partial charge in [0.1, 0.15) is 0 Å². The predicted molar refractivity (Wildman–Crippen MR) is 93.5 cm³/mol. The quantitative estimate of drug-likeness (QED) is 0.367. The second kappa shape index (κ2) is 8.57. The van der Waals surface area contributed by atoms with Gasteiger partial charge in [-0.1, -0.05) is 19.4 Å². The van der Waals surface area contributed by atoms with Gasteiger partial charge in [-0.3, -0.25) is 5.01 Å². The molecular formula is C18H35N3. The maximum absolute atomic E-state index is 4.28. The second-order valence-electron chi connectivity index (χ2n) is 7.29. The molecule has 0 aromatic rings. The average Bonchev–Trinajstić information content (AvgIpc) is 3.25. The summed E-state index contributed by atoms with van der Waals surface area (Å²) in [5.74, 6) is 1.71. The zero-order chi connectivity index (χ0) is 15.9. The van der Waals surface area contributed by atoms with Crippen LogP contribution in [0.4, 0.5) is 0 Å². The van der Waals surface area contributed by atoms with Gasteiger partial charge in [0.2, 0.25) is 0 Å². The minimum atomic E-state index is 0.200. The van der Waals surface area contributed by atoms with Crippen molar-refractivity contribution in [3.8, 4) is 0 Å². The van der Waals surface area contributed by atoms with E-state index >= 15 is 0 Å². The molecule has 1 saturated carbocycles. The number of nitrogens with one attached hydrogen (secondary N) is 1. The van der Waals surface area contributed by atoms with Gasteiger partial charge >= 0.3 is 0 Å². The van der Waals surface area contributed by atoms with Crippen LogP contribution in [0.2, 0.25) is 0 Å². The number of hydrazone groups is 1. The van der Waals surface area contributed by atoms with Gasteiger partial charge in [0.15, 0.2) is 0 Å². The van der Waals surface area contributed by atoms with E-state index in [1.165, 1.54) is 25.0 Å². The lowest BCUT2D eigenvalue weighted by molar-refractivity contribution is 0.263. The molecule has 0 amide bonds. The second-order valence-corrected chi connectivity index (χ2v) is 7.29. The summed E-state index contributed by atoms with van der Waals surface area (Å²) in [6.45, 7) is 16.9. The van der Waals surface area contributed by atoms with Crippen molar-refractivity contribution >= 4 is 6.72 Å². The molecule has 3 nitrogen and oxygen atoms in total. The summed E-state index contributed by atoms with van der Waals surface area (Å²) >= 11 is 0. The lowest BCUT2D eigenvalue weighted by atomic mass is 10.00. The molecule has 0 saturated heterocycles. The van der Waals surface area contributed by atoms with Crippen LogP contribution in [0.25, 0.3) is 0 Å². The van der Waals surface area contributed by atoms with Gasteiger partial charge < -0.3 is 5.32 Å². The zero-order valence-electron chi connectivity index (χ0n) is 14.8. The predicted octanol–water partition coefficient (Wildman–Crippen LogP) is 4.41. The molecule has 0 radical (unpaired) electrons. The Labute approximate surface area is 131 Å². The third-order valence-electron chi connectivity index (χ3n) is 4.32. The van der Waals surface area contributed by atoms with Crippen molar-refractivity contribution < 1.29 is 0 Å². The monoisotopic (exact) mass is 293 g/mol. The van der Waals surface area contributed by atoms with E-state index in [4.69, 9.17) is 0 Å². The summed E-state index contributed by atoms with van der Waals surface area (Å²) in [5.41, 5.74) is 1.52. The molecule has 21 heavy (non-hydrogen) atoms. The topological polar surface area (TPSA) is 27.6 Å². The molecule has 0 spiro atoms. The normalized spacial score (nSPS) is 17.7. The number of allylic oxidation sites excluding steroid dienone is 2. The van der Waals surface area contributed by atoms with E-state index in [2.05, 4.69) is 62.8 Å². The third-order valence-corrected chi connectivity index (χ3v) is 4.32. The summed E-state index contributed by atoms with van der Waals surface area (Å²) in [5, 5.41) is 9.97. The standard InChI is InChI=1S/C18H35N3/c1-7-15(16-11-12-16)14-21(19-6)17(8-2)10-9-13-20-18(3,4)5/h8,15-16,20H,6-7,9-14H2,1-5H3/b17-8-. The first-order valence-corrected chi connectivity index (χ1v) is 8.55. The highest BCUT2D eigenvalue weighted by atomic mass is 15.4. The van der Waals surface area contributed by atoms with Crippen LogP contribution in [0.3, 0.4) is 0 Å². The molecule has 0 heterocycles. The Morgan fingerprint density at radius 2 is 2.10 bits per heavy atom. The highest BCUT2D eigenvalue weighted by Crippen LogP contribution is 2.39. The Hall–Kier alpha value is -0.830. The van der Waals surface area contributed by atoms with Gasteiger partial charge in [-0.15, -0.1) is 0 Å². The minimum absolute atomic E-state index is 0.200. The molecule has 122 valence electrons. The first kappa shape index (κ1) is 18.2. The molecule has 0 aromatic carbocycles. The third kappa shape index (κ3) is 7.12. The number of hydrogen-bond acceptors (Lipinski definition) is 3. The van der Waals surface area contributed by atoms with Crippen LogP contribution >= 0.6 is 0 Å². The Morgan fingerprint density at radius 3 is 2.52 bits per heavy atom. The fraction of sp³-hybridized carbons (Fsp3) is 0.833. The first-order valence-electron chi connectivity index (χ1n) is 8.55. The molecule has 0 aliphatic heterocycles. The number of nitrogens with zero attached hydrogens (tertiary/aromatic N) is 2. The first-order chi connectivity index (χ1) is 9.91. The number of hydrogen-bond donors (Lipinski definition) is 1. The van der Waals surface area contributed by atoms with E-state index in [9.17, 15) is 0 Å². The van der Waals surface area contributed by atoms with Crippen molar-refractivity contribution in [2.24, 2.45) is 16.9 Å². The molecule has 1 rings (SSSR count). The molecule has 0 aromatic heterocycles. The van der Waals surface area contributed by atoms with Crippen molar-refractivity contribution in [2.45, 2.75) is 72.3 Å². The summed E-state index contributed by atoms with van der Waals surface area (Å²) < 4.78 is 0. The molecule has 3 heteroatoms. The van der Waals surface area contributed by atoms with Crippen molar-refractivity contribution in [1.82, 2.24) is 10.3 Å². The van der Waals surface area contributed by atoms with E-state index < -0.39 is 0 Å². The summed E-state index contributed by atoms with van der Waals surface area (Å²) in [7, 11) is 0. The SMILES string of the molecule is C=NN(CC(CC)C1CC1)/C(=C\C)CCCNC(C)(C)C. The molecule has 0 bridgehead atoms. The van der Waals surface area contributed by atoms with Crippen LogP contribution < -0.4 is 5.32 Å². The molecular weight excluding hydrogens is 258 g/mol. The molecule has 1 N–H and O–H groups in total. The van der Waals surface area contributed by atoms with Crippen LogP contribution in [-0.2, 0) is 0 Å². The van der Waals surface area contributed by atoms with E-state index in [1.54, 1.807) is 0 Å². The molecule has 1 fully saturated rings. The van der Waals surface area contributed by atoms with Gasteiger partial charge in [0.25, 0.3) is 0 Å². The molecule has 1 aliphatic rings. The Bertz CT molecular complexity index is 337. The van der Waals surface area contributed by atoms with E-state index in [1.807, 2.05) is 0 Å². The maximum atomic E-state index is 4.28. The highest BCUT2D eigenvalue weighted by molar-refractivity contribution is 5.23. The van der Waals surface area contributed by atoms with Gasteiger partial charge in [-0.25, -0.2) is 0 Å². The maximum Gasteiger partial charge on any atom is 0.0442 e. The Balaban J connectivity index is 2.42. The largest absolute Gasteiger partial charge is 0.312 e. The summed E-state index contributed by atoms with van der Waals surface area (Å²) in [6.07, 6.45) is 8.47. The van der Waals surface area contributed by atoms with Gasteiger partial charge in [-0.2, -0.15) is 5.10 Å². The van der Waals surface area contributed by atoms with Crippen LogP contribution in [0.1, 0.15) is 66.7 Å². The van der Waals surface area contributed by atoms with Gasteiger partial charge in [0.05, 0.1) is 0 Å². The highest BCUT2D eigenvalue weighted by Gasteiger charge is 2.31. The van der Waals surface area contributed by atoms with E-state index in [0.717, 1.165) is 37.8 Å². The van der Waals surface area contributed by atoms with Crippen molar-refractivity contribution in [3.05, 3.63) is 11.8 Å². The molecule has 1 aliphatic carbocycles. The van der Waals surface area contributed by atoms with Gasteiger partial charge in [-0.05, 0) is 71.8 Å². The number of rotatable bonds is 10. The minimum Gasteiger partial charge on any atom is -0.312 e. The Morgan fingerprint density at radius 1 is 1.43 bits per heavy atom. The fourth-order valence-corrected chi connectivity index (χ4v) is 2.82. The molecule has 1 unspecified atom stereocenters. The zero-order valence-corrected chi connectivity index (χ0v) is 14.8. The molecule has 1 atom stereocenters. The van der Waals surface area contributed by atoms with Crippen molar-refractivity contribution in [1.29, 1.82) is 0 Å². The van der Waals surface area contributed by atoms with Crippen LogP contribution in [-0.4, -0.2) is 30.4 Å². The summed E-state index contributed by atoms with van der Waals surface area (Å²) in [6, 6.07) is 0. The van der Waals surface area contributed by atoms with Crippen LogP contribution in [0.5, 0.6) is 0 Å². The smallest absolute Gasteiger partial charge is 0.0442 e. The Kier molecular flexibility index (Phi) is 7.44. The van der Waals surface area contributed by atoms with E-state index in [0.29, 0.717) is 0 Å². The van der Waals surface area contributed by atoms with E-state index in [-0.39, 0.29) is 5.54 Å². The summed E-state index contributed by atoms with van der Waals surface area (Å²) in [4.78, 5) is 0. The van der Waals surface area contributed by atoms with Crippen LogP contribution in [0, 0.1) is 11.8 Å². The van der Waals surface area contributed by atoms with Crippen molar-refractivity contribution in [2.75, 3.05) is 13.1 Å². The van der Waals surface area contributed by atoms with Gasteiger partial charge in [0, 0.05) is 24.5 Å². The van der Waals surface area contributed by atoms with Crippen LogP contribution in [0.15, 0.2) is 16.9 Å². The average molecular weight is 293 g/mol. The van der Waals surface area contributed by atoms with Crippen molar-refractivity contribution in [3.63, 3.8) is 0 Å². The lowest BCUT2D eigenvalue weighted by Gasteiger charge is -2.27. The lowest BCUT2D eigenvalue weighted by Crippen LogP contribution is -2.36. The fourth-order valence-electron chi connectivity index (χ4n) is 2.82.